The highest BCUT2D eigenvalue weighted by Gasteiger charge is 2.36. The summed E-state index contributed by atoms with van der Waals surface area (Å²) in [6.07, 6.45) is -3.04. The Balaban J connectivity index is 5.76. The predicted octanol–water partition coefficient (Wildman–Crippen LogP) is 3.97. The molecule has 0 aliphatic carbocycles. The van der Waals surface area contributed by atoms with Gasteiger partial charge < -0.3 is 56.8 Å². The van der Waals surface area contributed by atoms with Crippen molar-refractivity contribution < 1.29 is 76.0 Å². The SMILES string of the molecule is C=C(C)C(=O)OCCOC(C)OCC(COC(C)OCCOC(=O)C(=C)C)(COC(C)OCCOC(=O)C(=C)C)COC(C)OCCOC(=O)C(=C)C. The van der Waals surface area contributed by atoms with Crippen LogP contribution in [-0.4, -0.2) is 128 Å². The third-order valence-corrected chi connectivity index (χ3v) is 6.57. The molecule has 0 aromatic heterocycles. The van der Waals surface area contributed by atoms with E-state index in [1.165, 1.54) is 0 Å². The Bertz CT molecular complexity index is 1000. The summed E-state index contributed by atoms with van der Waals surface area (Å²) in [5, 5.41) is 0. The summed E-state index contributed by atoms with van der Waals surface area (Å²) in [6.45, 7) is 27.1. The summed E-state index contributed by atoms with van der Waals surface area (Å²) in [7, 11) is 0. The van der Waals surface area contributed by atoms with Crippen LogP contribution in [0.1, 0.15) is 55.4 Å². The molecule has 0 aromatic carbocycles. The fourth-order valence-corrected chi connectivity index (χ4v) is 3.51. The second-order valence-corrected chi connectivity index (χ2v) is 12.2. The van der Waals surface area contributed by atoms with Crippen LogP contribution in [-0.2, 0) is 76.0 Å². The predicted molar refractivity (Wildman–Crippen MR) is 191 cm³/mol. The molecule has 0 rings (SSSR count). The van der Waals surface area contributed by atoms with E-state index in [0.717, 1.165) is 0 Å². The Kier molecular flexibility index (Phi) is 26.2. The van der Waals surface area contributed by atoms with Crippen LogP contribution in [0.2, 0.25) is 0 Å². The largest absolute Gasteiger partial charge is 0.460 e. The normalized spacial score (nSPS) is 14.5. The Morgan fingerprint density at radius 1 is 0.377 bits per heavy atom. The first-order chi connectivity index (χ1) is 24.9. The molecule has 0 spiro atoms. The average molecular weight is 761 g/mol. The topological polar surface area (TPSA) is 179 Å². The fourth-order valence-electron chi connectivity index (χ4n) is 3.51. The van der Waals surface area contributed by atoms with Crippen molar-refractivity contribution >= 4 is 23.9 Å². The van der Waals surface area contributed by atoms with Gasteiger partial charge in [0, 0.05) is 22.3 Å². The zero-order valence-electron chi connectivity index (χ0n) is 32.7. The molecule has 4 unspecified atom stereocenters. The average Bonchev–Trinajstić information content (AvgIpc) is 3.10. The number of carbonyl (C=O) groups excluding carboxylic acids is 4. The van der Waals surface area contributed by atoms with Gasteiger partial charge in [-0.15, -0.1) is 0 Å². The second kappa shape index (κ2) is 28.0. The van der Waals surface area contributed by atoms with Crippen LogP contribution >= 0.6 is 0 Å². The highest BCUT2D eigenvalue weighted by molar-refractivity contribution is 5.88. The summed E-state index contributed by atoms with van der Waals surface area (Å²) in [6, 6.07) is 0. The third-order valence-electron chi connectivity index (χ3n) is 6.57. The molecule has 0 amide bonds. The first kappa shape index (κ1) is 49.5. The second-order valence-electron chi connectivity index (χ2n) is 12.2. The van der Waals surface area contributed by atoms with Crippen LogP contribution in [0, 0.1) is 5.41 Å². The molecule has 0 saturated heterocycles. The standard InChI is InChI=1S/C37H60O16/c1-25(2)33(38)46-17-13-42-29(9)50-21-37(22-51-30(10)43-14-18-47-34(39)26(3)4,23-52-31(11)44-15-19-48-35(40)27(5)6)24-53-32(12)45-16-20-49-36(41)28(7)8/h29-32H,1,3,5,7,13-24H2,2,4,6,8-12H3. The molecule has 0 bridgehead atoms. The third kappa shape index (κ3) is 25.2. The van der Waals surface area contributed by atoms with Gasteiger partial charge in [-0.3, -0.25) is 0 Å². The van der Waals surface area contributed by atoms with Crippen molar-refractivity contribution in [2.75, 3.05) is 79.3 Å². The van der Waals surface area contributed by atoms with E-state index in [1.54, 1.807) is 55.4 Å². The Hall–Kier alpha value is -3.48. The summed E-state index contributed by atoms with van der Waals surface area (Å²) >= 11 is 0. The minimum atomic E-state index is -1.04. The molecule has 0 fully saturated rings. The van der Waals surface area contributed by atoms with Crippen molar-refractivity contribution in [2.45, 2.75) is 80.6 Å². The van der Waals surface area contributed by atoms with Crippen LogP contribution in [0.4, 0.5) is 0 Å². The minimum absolute atomic E-state index is 0.0104. The van der Waals surface area contributed by atoms with E-state index >= 15 is 0 Å². The van der Waals surface area contributed by atoms with Crippen molar-refractivity contribution in [3.05, 3.63) is 48.6 Å². The zero-order valence-corrected chi connectivity index (χ0v) is 32.7. The number of hydrogen-bond acceptors (Lipinski definition) is 16. The summed E-state index contributed by atoms with van der Waals surface area (Å²) in [4.78, 5) is 46.7. The first-order valence-corrected chi connectivity index (χ1v) is 17.1. The Morgan fingerprint density at radius 2 is 0.566 bits per heavy atom. The van der Waals surface area contributed by atoms with Gasteiger partial charge in [-0.1, -0.05) is 26.3 Å². The van der Waals surface area contributed by atoms with Gasteiger partial charge in [0.15, 0.2) is 25.2 Å². The van der Waals surface area contributed by atoms with Crippen molar-refractivity contribution in [1.29, 1.82) is 0 Å². The van der Waals surface area contributed by atoms with Crippen LogP contribution in [0.25, 0.3) is 0 Å². The molecule has 53 heavy (non-hydrogen) atoms. The Morgan fingerprint density at radius 3 is 0.736 bits per heavy atom. The van der Waals surface area contributed by atoms with E-state index < -0.39 is 54.5 Å². The van der Waals surface area contributed by atoms with Gasteiger partial charge in [-0.05, 0) is 55.4 Å². The van der Waals surface area contributed by atoms with Gasteiger partial charge >= 0.3 is 23.9 Å². The quantitative estimate of drug-likeness (QED) is 0.0316. The van der Waals surface area contributed by atoms with Crippen LogP contribution in [0.5, 0.6) is 0 Å². The highest BCUT2D eigenvalue weighted by Crippen LogP contribution is 2.24. The van der Waals surface area contributed by atoms with Gasteiger partial charge in [0.1, 0.15) is 26.4 Å². The van der Waals surface area contributed by atoms with Gasteiger partial charge in [0.05, 0.1) is 58.3 Å². The number of rotatable bonds is 32. The fraction of sp³-hybridized carbons (Fsp3) is 0.676. The molecule has 304 valence electrons. The van der Waals surface area contributed by atoms with E-state index in [9.17, 15) is 19.2 Å². The molecule has 16 nitrogen and oxygen atoms in total. The van der Waals surface area contributed by atoms with Crippen molar-refractivity contribution in [1.82, 2.24) is 0 Å². The maximum atomic E-state index is 11.7. The van der Waals surface area contributed by atoms with Gasteiger partial charge in [-0.25, -0.2) is 19.2 Å². The lowest BCUT2D eigenvalue weighted by molar-refractivity contribution is -0.239. The molecule has 4 atom stereocenters. The van der Waals surface area contributed by atoms with E-state index in [0.29, 0.717) is 0 Å². The highest BCUT2D eigenvalue weighted by atomic mass is 16.7. The maximum Gasteiger partial charge on any atom is 0.333 e. The number of esters is 4. The van der Waals surface area contributed by atoms with Crippen LogP contribution in [0.3, 0.4) is 0 Å². The van der Waals surface area contributed by atoms with Gasteiger partial charge in [0.25, 0.3) is 0 Å². The van der Waals surface area contributed by atoms with Crippen molar-refractivity contribution in [2.24, 2.45) is 5.41 Å². The van der Waals surface area contributed by atoms with Gasteiger partial charge in [-0.2, -0.15) is 0 Å². The van der Waals surface area contributed by atoms with Gasteiger partial charge in [0.2, 0.25) is 0 Å². The van der Waals surface area contributed by atoms with Crippen molar-refractivity contribution in [3.63, 3.8) is 0 Å². The lowest BCUT2D eigenvalue weighted by Crippen LogP contribution is -2.45. The molecular formula is C37H60O16. The summed E-state index contributed by atoms with van der Waals surface area (Å²) < 4.78 is 67.3. The van der Waals surface area contributed by atoms with E-state index in [4.69, 9.17) is 56.8 Å². The van der Waals surface area contributed by atoms with E-state index in [1.807, 2.05) is 0 Å². The molecule has 0 heterocycles. The summed E-state index contributed by atoms with van der Waals surface area (Å²) in [5.74, 6) is -2.13. The molecule has 0 radical (unpaired) electrons. The number of hydrogen-bond donors (Lipinski definition) is 0. The monoisotopic (exact) mass is 760 g/mol. The molecular weight excluding hydrogens is 700 g/mol. The Labute approximate surface area is 313 Å². The number of ether oxygens (including phenoxy) is 12. The molecule has 16 heteroatoms. The van der Waals surface area contributed by atoms with E-state index in [-0.39, 0.29) is 102 Å². The van der Waals surface area contributed by atoms with Crippen molar-refractivity contribution in [3.8, 4) is 0 Å². The lowest BCUT2D eigenvalue weighted by Gasteiger charge is -2.36. The van der Waals surface area contributed by atoms with Crippen LogP contribution in [0.15, 0.2) is 48.6 Å². The molecule has 0 aromatic rings. The number of carbonyl (C=O) groups is 4. The zero-order chi connectivity index (χ0) is 40.4. The van der Waals surface area contributed by atoms with E-state index in [2.05, 4.69) is 26.3 Å². The summed E-state index contributed by atoms with van der Waals surface area (Å²) in [5.41, 5.74) is 0.0247. The molecule has 0 aliphatic heterocycles. The smallest absolute Gasteiger partial charge is 0.333 e. The molecule has 0 aliphatic rings. The molecule has 0 N–H and O–H groups in total. The lowest BCUT2D eigenvalue weighted by atomic mass is 9.92. The maximum absolute atomic E-state index is 11.7. The minimum Gasteiger partial charge on any atom is -0.460 e. The molecule has 0 saturated carbocycles. The van der Waals surface area contributed by atoms with Crippen LogP contribution < -0.4 is 0 Å². The first-order valence-electron chi connectivity index (χ1n) is 17.1.